The van der Waals surface area contributed by atoms with Crippen LogP contribution in [-0.4, -0.2) is 17.9 Å². The Kier molecular flexibility index (Phi) is 7.72. The van der Waals surface area contributed by atoms with Gasteiger partial charge in [-0.25, -0.2) is 0 Å². The van der Waals surface area contributed by atoms with Crippen molar-refractivity contribution in [1.82, 2.24) is 0 Å². The van der Waals surface area contributed by atoms with Crippen LogP contribution in [0, 0.1) is 34.5 Å². The maximum Gasteiger partial charge on any atom is 0.306 e. The zero-order chi connectivity index (χ0) is 22.8. The van der Waals surface area contributed by atoms with E-state index in [9.17, 15) is 9.59 Å². The molecule has 182 valence electrons. The summed E-state index contributed by atoms with van der Waals surface area (Å²) in [6.07, 6.45) is 19.6. The normalized spacial score (nSPS) is 41.0. The summed E-state index contributed by atoms with van der Waals surface area (Å²) in [4.78, 5) is 25.1. The van der Waals surface area contributed by atoms with Crippen LogP contribution in [0.15, 0.2) is 0 Å². The van der Waals surface area contributed by atoms with Crippen molar-refractivity contribution in [2.45, 2.75) is 136 Å². The third-order valence-electron chi connectivity index (χ3n) is 10.6. The first kappa shape index (κ1) is 24.3. The quantitative estimate of drug-likeness (QED) is 0.271. The molecule has 3 heteroatoms. The first-order chi connectivity index (χ1) is 15.4. The smallest absolute Gasteiger partial charge is 0.306 e. The van der Waals surface area contributed by atoms with E-state index in [1.807, 2.05) is 0 Å². The lowest BCUT2D eigenvalue weighted by Crippen LogP contribution is -2.54. The summed E-state index contributed by atoms with van der Waals surface area (Å²) in [5.41, 5.74) is 0.365. The number of ketones is 1. The van der Waals surface area contributed by atoms with Gasteiger partial charge < -0.3 is 4.74 Å². The number of Topliss-reactive ketones (excluding diaryl/α,β-unsaturated/α-hetero) is 1. The number of carbonyl (C=O) groups is 2. The highest BCUT2D eigenvalue weighted by Gasteiger charge is 2.60. The summed E-state index contributed by atoms with van der Waals surface area (Å²) in [5.74, 6) is 3.43. The molecule has 0 heterocycles. The van der Waals surface area contributed by atoms with Crippen LogP contribution in [0.4, 0.5) is 0 Å². The van der Waals surface area contributed by atoms with Gasteiger partial charge in [0.15, 0.2) is 0 Å². The number of ether oxygens (including phenoxy) is 1. The van der Waals surface area contributed by atoms with Gasteiger partial charge in [-0.1, -0.05) is 59.3 Å². The van der Waals surface area contributed by atoms with Gasteiger partial charge in [0.25, 0.3) is 0 Å². The van der Waals surface area contributed by atoms with Crippen LogP contribution in [0.25, 0.3) is 0 Å². The molecule has 0 radical (unpaired) electrons. The van der Waals surface area contributed by atoms with E-state index in [0.29, 0.717) is 29.5 Å². The van der Waals surface area contributed by atoms with E-state index in [2.05, 4.69) is 20.8 Å². The van der Waals surface area contributed by atoms with Gasteiger partial charge in [-0.15, -0.1) is 0 Å². The second kappa shape index (κ2) is 10.2. The topological polar surface area (TPSA) is 43.4 Å². The molecule has 4 aliphatic rings. The monoisotopic (exact) mass is 444 g/mol. The Bertz CT molecular complexity index is 671. The Balaban J connectivity index is 1.24. The van der Waals surface area contributed by atoms with Gasteiger partial charge in [-0.2, -0.15) is 0 Å². The van der Waals surface area contributed by atoms with E-state index in [-0.39, 0.29) is 17.5 Å². The molecule has 0 aromatic rings. The molecule has 0 aliphatic heterocycles. The average molecular weight is 445 g/mol. The van der Waals surface area contributed by atoms with Crippen LogP contribution < -0.4 is 0 Å². The minimum atomic E-state index is -0.0207. The van der Waals surface area contributed by atoms with E-state index >= 15 is 0 Å². The number of esters is 1. The Morgan fingerprint density at radius 3 is 2.44 bits per heavy atom. The summed E-state index contributed by atoms with van der Waals surface area (Å²) in [6.45, 7) is 7.07. The van der Waals surface area contributed by atoms with Crippen molar-refractivity contribution >= 4 is 11.8 Å². The van der Waals surface area contributed by atoms with Gasteiger partial charge in [0, 0.05) is 18.3 Å². The zero-order valence-corrected chi connectivity index (χ0v) is 21.1. The molecule has 0 N–H and O–H groups in total. The van der Waals surface area contributed by atoms with E-state index in [4.69, 9.17) is 4.74 Å². The van der Waals surface area contributed by atoms with Crippen LogP contribution in [0.3, 0.4) is 0 Å². The Labute approximate surface area is 196 Å². The van der Waals surface area contributed by atoms with Crippen LogP contribution in [0.2, 0.25) is 0 Å². The van der Waals surface area contributed by atoms with Gasteiger partial charge in [0.2, 0.25) is 0 Å². The maximum absolute atomic E-state index is 12.6. The number of hydrogen-bond acceptors (Lipinski definition) is 3. The average Bonchev–Trinajstić information content (AvgIpc) is 3.08. The molecule has 7 atom stereocenters. The van der Waals surface area contributed by atoms with Crippen molar-refractivity contribution in [2.24, 2.45) is 34.5 Å². The highest BCUT2D eigenvalue weighted by atomic mass is 16.5. The number of hydrogen-bond donors (Lipinski definition) is 0. The Morgan fingerprint density at radius 2 is 1.66 bits per heavy atom. The second-order valence-corrected chi connectivity index (χ2v) is 12.3. The summed E-state index contributed by atoms with van der Waals surface area (Å²) < 4.78 is 5.98. The van der Waals surface area contributed by atoms with Crippen molar-refractivity contribution in [1.29, 1.82) is 0 Å². The van der Waals surface area contributed by atoms with Gasteiger partial charge in [-0.05, 0) is 86.9 Å². The summed E-state index contributed by atoms with van der Waals surface area (Å²) in [7, 11) is 0. The molecule has 0 unspecified atom stereocenters. The number of unbranched alkanes of at least 4 members (excludes halogenated alkanes) is 6. The van der Waals surface area contributed by atoms with Crippen molar-refractivity contribution in [3.8, 4) is 0 Å². The third kappa shape index (κ3) is 4.69. The lowest BCUT2D eigenvalue weighted by molar-refractivity contribution is -0.162. The molecule has 4 fully saturated rings. The largest absolute Gasteiger partial charge is 0.462 e. The molecule has 0 amide bonds. The van der Waals surface area contributed by atoms with Gasteiger partial charge >= 0.3 is 5.97 Å². The van der Waals surface area contributed by atoms with Crippen LogP contribution in [0.1, 0.15) is 130 Å². The molecule has 3 nitrogen and oxygen atoms in total. The van der Waals surface area contributed by atoms with Crippen LogP contribution >= 0.6 is 0 Å². The van der Waals surface area contributed by atoms with Crippen molar-refractivity contribution < 1.29 is 14.3 Å². The maximum atomic E-state index is 12.6. The lowest BCUT2D eigenvalue weighted by Gasteiger charge is -2.60. The van der Waals surface area contributed by atoms with Crippen LogP contribution in [0.5, 0.6) is 0 Å². The molecule has 0 aromatic carbocycles. The predicted octanol–water partition coefficient (Wildman–Crippen LogP) is 7.65. The summed E-state index contributed by atoms with van der Waals surface area (Å²) >= 11 is 0. The fourth-order valence-corrected chi connectivity index (χ4v) is 8.57. The highest BCUT2D eigenvalue weighted by Crippen LogP contribution is 2.65. The first-order valence-corrected chi connectivity index (χ1v) is 14.1. The number of fused-ring (bicyclic) bond motifs is 5. The van der Waals surface area contributed by atoms with Gasteiger partial charge in [-0.3, -0.25) is 9.59 Å². The van der Waals surface area contributed by atoms with E-state index in [0.717, 1.165) is 56.8 Å². The Hall–Kier alpha value is -0.860. The third-order valence-corrected chi connectivity index (χ3v) is 10.6. The molecule has 4 aliphatic carbocycles. The van der Waals surface area contributed by atoms with E-state index in [1.165, 1.54) is 57.8 Å². The minimum absolute atomic E-state index is 0.0207. The fraction of sp³-hybridized carbons (Fsp3) is 0.931. The lowest BCUT2D eigenvalue weighted by atomic mass is 9.45. The Morgan fingerprint density at radius 1 is 0.906 bits per heavy atom. The minimum Gasteiger partial charge on any atom is -0.462 e. The fourth-order valence-electron chi connectivity index (χ4n) is 8.57. The molecular weight excluding hydrogens is 396 g/mol. The summed E-state index contributed by atoms with van der Waals surface area (Å²) in [5, 5.41) is 0. The second-order valence-electron chi connectivity index (χ2n) is 12.3. The number of rotatable bonds is 9. The predicted molar refractivity (Wildman–Crippen MR) is 129 cm³/mol. The molecular formula is C29H48O3. The van der Waals surface area contributed by atoms with Gasteiger partial charge in [0.05, 0.1) is 0 Å². The number of carbonyl (C=O) groups excluding carboxylic acids is 2. The molecule has 0 bridgehead atoms. The van der Waals surface area contributed by atoms with E-state index in [1.54, 1.807) is 0 Å². The van der Waals surface area contributed by atoms with Crippen LogP contribution in [-0.2, 0) is 14.3 Å². The molecule has 0 spiro atoms. The highest BCUT2D eigenvalue weighted by molar-refractivity contribution is 5.87. The molecule has 4 saturated carbocycles. The molecule has 0 aromatic heterocycles. The van der Waals surface area contributed by atoms with E-state index < -0.39 is 0 Å². The SMILES string of the molecule is CCCCCCCCCC(=O)O[C@@H]1CC[C@@]2(C)[C@@H](CC[C@@H]3[C@H]2CC[C@]2(C)C(=O)CC[C@@H]32)C1. The molecule has 32 heavy (non-hydrogen) atoms. The standard InChI is InChI=1S/C29H48O3/c1-4-5-6-7-8-9-10-11-27(31)32-22-16-18-28(2)21(20-22)12-13-23-24-14-15-26(30)29(24,3)19-17-25(23)28/h21-25H,4-20H2,1-3H3/t21-,22+,23-,24-,25+,28-,29-/m0/s1. The van der Waals surface area contributed by atoms with Crippen molar-refractivity contribution in [3.05, 3.63) is 0 Å². The zero-order valence-electron chi connectivity index (χ0n) is 21.1. The van der Waals surface area contributed by atoms with Crippen molar-refractivity contribution in [2.75, 3.05) is 0 Å². The molecule has 4 rings (SSSR count). The van der Waals surface area contributed by atoms with Gasteiger partial charge in [0.1, 0.15) is 11.9 Å². The molecule has 0 saturated heterocycles. The first-order valence-electron chi connectivity index (χ1n) is 14.1. The van der Waals surface area contributed by atoms with Crippen molar-refractivity contribution in [3.63, 3.8) is 0 Å². The summed E-state index contributed by atoms with van der Waals surface area (Å²) in [6, 6.07) is 0.